The SMILES string of the molecule is CC/C(=C/Sc1ccccc1)[N+](=O)[O-]. The molecule has 1 rings (SSSR count). The minimum Gasteiger partial charge on any atom is -0.259 e. The molecule has 0 aliphatic heterocycles. The summed E-state index contributed by atoms with van der Waals surface area (Å²) in [6.45, 7) is 1.78. The average molecular weight is 209 g/mol. The van der Waals surface area contributed by atoms with Gasteiger partial charge in [-0.1, -0.05) is 36.9 Å². The van der Waals surface area contributed by atoms with Gasteiger partial charge >= 0.3 is 0 Å². The lowest BCUT2D eigenvalue weighted by atomic mass is 10.4. The fourth-order valence-electron chi connectivity index (χ4n) is 0.891. The van der Waals surface area contributed by atoms with Crippen LogP contribution in [0.4, 0.5) is 0 Å². The van der Waals surface area contributed by atoms with Gasteiger partial charge in [0.25, 0.3) is 5.70 Å². The molecule has 74 valence electrons. The highest BCUT2D eigenvalue weighted by molar-refractivity contribution is 8.02. The third-order valence-electron chi connectivity index (χ3n) is 1.67. The Morgan fingerprint density at radius 3 is 2.64 bits per heavy atom. The van der Waals surface area contributed by atoms with Gasteiger partial charge in [-0.3, -0.25) is 10.1 Å². The number of nitro groups is 1. The van der Waals surface area contributed by atoms with Crippen LogP contribution in [0, 0.1) is 10.1 Å². The van der Waals surface area contributed by atoms with Crippen molar-refractivity contribution in [3.8, 4) is 0 Å². The summed E-state index contributed by atoms with van der Waals surface area (Å²) in [4.78, 5) is 11.2. The molecule has 4 heteroatoms. The number of thioether (sulfide) groups is 1. The van der Waals surface area contributed by atoms with Crippen LogP contribution < -0.4 is 0 Å². The first-order valence-corrected chi connectivity index (χ1v) is 5.17. The molecule has 3 nitrogen and oxygen atoms in total. The van der Waals surface area contributed by atoms with Crippen LogP contribution in [0.3, 0.4) is 0 Å². The summed E-state index contributed by atoms with van der Waals surface area (Å²) < 4.78 is 0. The molecule has 0 radical (unpaired) electrons. The number of hydrogen-bond acceptors (Lipinski definition) is 3. The first-order chi connectivity index (χ1) is 6.74. The van der Waals surface area contributed by atoms with Gasteiger partial charge in [0.15, 0.2) is 0 Å². The second kappa shape index (κ2) is 5.44. The molecule has 0 unspecified atom stereocenters. The highest BCUT2D eigenvalue weighted by atomic mass is 32.2. The van der Waals surface area contributed by atoms with Crippen LogP contribution in [0.25, 0.3) is 0 Å². The van der Waals surface area contributed by atoms with E-state index in [1.165, 1.54) is 11.8 Å². The Hall–Kier alpha value is -1.29. The van der Waals surface area contributed by atoms with Gasteiger partial charge in [0.1, 0.15) is 0 Å². The summed E-state index contributed by atoms with van der Waals surface area (Å²) in [5, 5.41) is 12.1. The van der Waals surface area contributed by atoms with Crippen LogP contribution in [0.15, 0.2) is 46.3 Å². The fraction of sp³-hybridized carbons (Fsp3) is 0.200. The number of allylic oxidation sites excluding steroid dienone is 1. The molecule has 0 saturated heterocycles. The van der Waals surface area contributed by atoms with Gasteiger partial charge in [-0.15, -0.1) is 0 Å². The van der Waals surface area contributed by atoms with E-state index in [9.17, 15) is 10.1 Å². The van der Waals surface area contributed by atoms with E-state index in [0.717, 1.165) is 4.90 Å². The van der Waals surface area contributed by atoms with E-state index in [0.29, 0.717) is 6.42 Å². The van der Waals surface area contributed by atoms with Crippen LogP contribution in [0.5, 0.6) is 0 Å². The molecule has 0 N–H and O–H groups in total. The van der Waals surface area contributed by atoms with Crippen molar-refractivity contribution in [2.75, 3.05) is 0 Å². The highest BCUT2D eigenvalue weighted by Gasteiger charge is 2.06. The first kappa shape index (κ1) is 10.8. The third-order valence-corrected chi connectivity index (χ3v) is 2.61. The van der Waals surface area contributed by atoms with Gasteiger partial charge in [0.05, 0.1) is 4.92 Å². The normalized spacial score (nSPS) is 11.4. The predicted molar refractivity (Wildman–Crippen MR) is 57.7 cm³/mol. The van der Waals surface area contributed by atoms with Crippen molar-refractivity contribution in [3.63, 3.8) is 0 Å². The quantitative estimate of drug-likeness (QED) is 0.434. The Balaban J connectivity index is 2.66. The van der Waals surface area contributed by atoms with Gasteiger partial charge < -0.3 is 0 Å². The summed E-state index contributed by atoms with van der Waals surface area (Å²) in [6, 6.07) is 9.59. The monoisotopic (exact) mass is 209 g/mol. The second-order valence-electron chi connectivity index (χ2n) is 2.65. The molecular formula is C10H11NO2S. The lowest BCUT2D eigenvalue weighted by Crippen LogP contribution is -1.95. The van der Waals surface area contributed by atoms with Crippen LogP contribution >= 0.6 is 11.8 Å². The standard InChI is InChI=1S/C10H11NO2S/c1-2-9(11(12)13)8-14-10-6-4-3-5-7-10/h3-8H,2H2,1H3/b9-8-. The number of nitrogens with zero attached hydrogens (tertiary/aromatic N) is 1. The van der Waals surface area contributed by atoms with E-state index in [4.69, 9.17) is 0 Å². The summed E-state index contributed by atoms with van der Waals surface area (Å²) in [5.41, 5.74) is 0.249. The zero-order valence-electron chi connectivity index (χ0n) is 7.84. The third kappa shape index (κ3) is 3.22. The largest absolute Gasteiger partial charge is 0.259 e. The van der Waals surface area contributed by atoms with E-state index in [2.05, 4.69) is 0 Å². The Labute approximate surface area is 87.0 Å². The topological polar surface area (TPSA) is 43.1 Å². The van der Waals surface area contributed by atoms with Crippen LogP contribution in [0.2, 0.25) is 0 Å². The smallest absolute Gasteiger partial charge is 0.252 e. The number of hydrogen-bond donors (Lipinski definition) is 0. The van der Waals surface area contributed by atoms with Crippen LogP contribution in [-0.2, 0) is 0 Å². The molecule has 0 heterocycles. The Bertz CT molecular complexity index is 335. The molecule has 14 heavy (non-hydrogen) atoms. The Morgan fingerprint density at radius 2 is 2.14 bits per heavy atom. The molecule has 0 saturated carbocycles. The van der Waals surface area contributed by atoms with Crippen molar-refractivity contribution in [2.45, 2.75) is 18.2 Å². The molecule has 0 bridgehead atoms. The minimum atomic E-state index is -0.337. The van der Waals surface area contributed by atoms with Crippen molar-refractivity contribution < 1.29 is 4.92 Å². The highest BCUT2D eigenvalue weighted by Crippen LogP contribution is 2.21. The molecule has 1 aromatic rings. The maximum atomic E-state index is 10.5. The van der Waals surface area contributed by atoms with Crippen molar-refractivity contribution in [1.29, 1.82) is 0 Å². The Morgan fingerprint density at radius 1 is 1.50 bits per heavy atom. The van der Waals surface area contributed by atoms with E-state index >= 15 is 0 Å². The second-order valence-corrected chi connectivity index (χ2v) is 3.59. The first-order valence-electron chi connectivity index (χ1n) is 4.29. The molecule has 0 fully saturated rings. The van der Waals surface area contributed by atoms with Crippen molar-refractivity contribution in [3.05, 3.63) is 51.6 Å². The van der Waals surface area contributed by atoms with Crippen LogP contribution in [-0.4, -0.2) is 4.92 Å². The lowest BCUT2D eigenvalue weighted by molar-refractivity contribution is -0.427. The number of benzene rings is 1. The molecule has 1 aromatic carbocycles. The summed E-state index contributed by atoms with van der Waals surface area (Å²) in [6.07, 6.45) is 0.451. The van der Waals surface area contributed by atoms with E-state index in [1.54, 1.807) is 12.3 Å². The molecular weight excluding hydrogens is 198 g/mol. The summed E-state index contributed by atoms with van der Waals surface area (Å²) >= 11 is 1.38. The number of rotatable bonds is 4. The fourth-order valence-corrected chi connectivity index (χ4v) is 1.73. The van der Waals surface area contributed by atoms with E-state index in [-0.39, 0.29) is 10.6 Å². The predicted octanol–water partition coefficient (Wildman–Crippen LogP) is 3.31. The zero-order valence-corrected chi connectivity index (χ0v) is 8.66. The molecule has 0 aliphatic rings. The molecule has 0 atom stereocenters. The van der Waals surface area contributed by atoms with Gasteiger partial charge in [-0.05, 0) is 12.1 Å². The lowest BCUT2D eigenvalue weighted by Gasteiger charge is -1.95. The molecule has 0 aromatic heterocycles. The van der Waals surface area contributed by atoms with E-state index in [1.807, 2.05) is 30.3 Å². The maximum absolute atomic E-state index is 10.5. The van der Waals surface area contributed by atoms with Crippen molar-refractivity contribution in [2.24, 2.45) is 0 Å². The Kier molecular flexibility index (Phi) is 4.19. The zero-order chi connectivity index (χ0) is 10.4. The van der Waals surface area contributed by atoms with Gasteiger partial charge in [0.2, 0.25) is 0 Å². The average Bonchev–Trinajstić information content (AvgIpc) is 2.20. The summed E-state index contributed by atoms with van der Waals surface area (Å²) in [7, 11) is 0. The molecule has 0 amide bonds. The van der Waals surface area contributed by atoms with Gasteiger partial charge in [-0.25, -0.2) is 0 Å². The minimum absolute atomic E-state index is 0.249. The van der Waals surface area contributed by atoms with Crippen LogP contribution in [0.1, 0.15) is 13.3 Å². The molecule has 0 aliphatic carbocycles. The van der Waals surface area contributed by atoms with Crippen molar-refractivity contribution in [1.82, 2.24) is 0 Å². The van der Waals surface area contributed by atoms with E-state index < -0.39 is 0 Å². The van der Waals surface area contributed by atoms with Gasteiger partial charge in [-0.2, -0.15) is 0 Å². The van der Waals surface area contributed by atoms with Crippen molar-refractivity contribution >= 4 is 11.8 Å². The summed E-state index contributed by atoms with van der Waals surface area (Å²) in [5.74, 6) is 0. The van der Waals surface area contributed by atoms with Gasteiger partial charge in [0, 0.05) is 16.7 Å². The molecule has 0 spiro atoms. The maximum Gasteiger partial charge on any atom is 0.252 e.